The van der Waals surface area contributed by atoms with Crippen LogP contribution in [0.4, 0.5) is 5.69 Å². The fourth-order valence-corrected chi connectivity index (χ4v) is 6.79. The molecular formula is C32H43N3O8S2. The van der Waals surface area contributed by atoms with Crippen molar-refractivity contribution in [2.75, 3.05) is 39.2 Å². The first kappa shape index (κ1) is 36.0. The molecule has 0 spiro atoms. The van der Waals surface area contributed by atoms with Gasteiger partial charge in [0.25, 0.3) is 20.2 Å². The summed E-state index contributed by atoms with van der Waals surface area (Å²) in [6, 6.07) is 12.0. The van der Waals surface area contributed by atoms with Crippen molar-refractivity contribution in [3.63, 3.8) is 0 Å². The minimum absolute atomic E-state index is 0.0233. The van der Waals surface area contributed by atoms with Gasteiger partial charge in [-0.15, -0.1) is 0 Å². The first-order chi connectivity index (χ1) is 21.2. The third-order valence-electron chi connectivity index (χ3n) is 7.55. The van der Waals surface area contributed by atoms with Gasteiger partial charge in [0.05, 0.1) is 25.3 Å². The van der Waals surface area contributed by atoms with Crippen molar-refractivity contribution in [3.05, 3.63) is 59.8 Å². The molecule has 0 aliphatic heterocycles. The maximum atomic E-state index is 11.2. The van der Waals surface area contributed by atoms with Crippen LogP contribution in [0.15, 0.2) is 58.3 Å². The summed E-state index contributed by atoms with van der Waals surface area (Å²) in [5, 5.41) is 4.69. The van der Waals surface area contributed by atoms with Crippen molar-refractivity contribution < 1.29 is 35.4 Å². The quantitative estimate of drug-likeness (QED) is 0.150. The normalized spacial score (nSPS) is 12.6. The van der Waals surface area contributed by atoms with Gasteiger partial charge < -0.3 is 19.7 Å². The molecule has 1 aromatic heterocycles. The SMILES string of the molecule is CCN(CC)CCCC(C)Nc1cc(OC)c2nc(C)cc(C)c2c1OC.O=S(=O)(O)c1cccc2c(S(=O)(=O)O)cccc12. The molecule has 4 aromatic rings. The number of rotatable bonds is 12. The van der Waals surface area contributed by atoms with Crippen LogP contribution in [0.2, 0.25) is 0 Å². The summed E-state index contributed by atoms with van der Waals surface area (Å²) in [4.78, 5) is 6.32. The van der Waals surface area contributed by atoms with E-state index in [1.54, 1.807) is 14.2 Å². The van der Waals surface area contributed by atoms with Gasteiger partial charge in [0.1, 0.15) is 21.1 Å². The van der Waals surface area contributed by atoms with Gasteiger partial charge >= 0.3 is 0 Å². The van der Waals surface area contributed by atoms with Crippen LogP contribution >= 0.6 is 0 Å². The minimum Gasteiger partial charge on any atom is -0.494 e. The molecule has 13 heteroatoms. The van der Waals surface area contributed by atoms with E-state index in [4.69, 9.17) is 18.6 Å². The van der Waals surface area contributed by atoms with Gasteiger partial charge in [0.2, 0.25) is 0 Å². The molecule has 0 radical (unpaired) electrons. The maximum Gasteiger partial charge on any atom is 0.295 e. The minimum atomic E-state index is -4.47. The Balaban J connectivity index is 0.000000265. The van der Waals surface area contributed by atoms with Gasteiger partial charge in [-0.25, -0.2) is 4.98 Å². The van der Waals surface area contributed by atoms with Crippen LogP contribution < -0.4 is 14.8 Å². The van der Waals surface area contributed by atoms with Crippen molar-refractivity contribution in [3.8, 4) is 11.5 Å². The molecule has 0 fully saturated rings. The van der Waals surface area contributed by atoms with E-state index in [1.807, 2.05) is 13.0 Å². The Morgan fingerprint density at radius 2 is 1.44 bits per heavy atom. The van der Waals surface area contributed by atoms with Crippen LogP contribution in [0, 0.1) is 13.8 Å². The summed E-state index contributed by atoms with van der Waals surface area (Å²) in [6.07, 6.45) is 2.27. The summed E-state index contributed by atoms with van der Waals surface area (Å²) in [7, 11) is -5.52. The number of ether oxygens (including phenoxy) is 2. The van der Waals surface area contributed by atoms with Crippen LogP contribution in [0.1, 0.15) is 44.9 Å². The highest BCUT2D eigenvalue weighted by Crippen LogP contribution is 2.41. The van der Waals surface area contributed by atoms with Gasteiger partial charge in [-0.05, 0) is 77.0 Å². The van der Waals surface area contributed by atoms with E-state index in [0.717, 1.165) is 77.5 Å². The van der Waals surface area contributed by atoms with Crippen LogP contribution in [0.3, 0.4) is 0 Å². The van der Waals surface area contributed by atoms with Crippen LogP contribution in [0.25, 0.3) is 21.7 Å². The first-order valence-electron chi connectivity index (χ1n) is 14.6. The Hall–Kier alpha value is -3.49. The molecule has 45 heavy (non-hydrogen) atoms. The van der Waals surface area contributed by atoms with Crippen molar-refractivity contribution in [1.82, 2.24) is 9.88 Å². The Morgan fingerprint density at radius 3 is 1.91 bits per heavy atom. The van der Waals surface area contributed by atoms with Crippen LogP contribution in [-0.4, -0.2) is 75.7 Å². The van der Waals surface area contributed by atoms with Crippen molar-refractivity contribution in [2.24, 2.45) is 0 Å². The van der Waals surface area contributed by atoms with Gasteiger partial charge in [-0.3, -0.25) is 9.11 Å². The molecule has 1 atom stereocenters. The first-order valence-corrected chi connectivity index (χ1v) is 17.5. The second kappa shape index (κ2) is 15.2. The lowest BCUT2D eigenvalue weighted by Crippen LogP contribution is -2.25. The number of hydrogen-bond acceptors (Lipinski definition) is 9. The van der Waals surface area contributed by atoms with Crippen LogP contribution in [0.5, 0.6) is 11.5 Å². The molecule has 1 heterocycles. The molecule has 0 bridgehead atoms. The fourth-order valence-electron chi connectivity index (χ4n) is 5.38. The topological polar surface area (TPSA) is 155 Å². The van der Waals surface area contributed by atoms with Crippen molar-refractivity contribution in [1.29, 1.82) is 0 Å². The highest BCUT2D eigenvalue weighted by atomic mass is 32.2. The predicted octanol–water partition coefficient (Wildman–Crippen LogP) is 6.12. The van der Waals surface area contributed by atoms with E-state index in [9.17, 15) is 16.8 Å². The van der Waals surface area contributed by atoms with E-state index in [-0.39, 0.29) is 10.8 Å². The standard InChI is InChI=1S/C22H35N3O2.C10H8O6S2/c1-8-25(9-2)12-10-11-16(4)23-18-14-19(26-6)21-20(22(18)27-7)15(3)13-17(5)24-21;11-17(12,13)9-5-1-3-7-8(9)4-2-6-10(7)18(14,15)16/h13-14,16,23H,8-12H2,1-7H3;1-6H,(H,11,12,13)(H,14,15,16). The zero-order valence-electron chi connectivity index (χ0n) is 26.8. The molecule has 0 amide bonds. The average Bonchev–Trinajstić information content (AvgIpc) is 2.97. The second-order valence-corrected chi connectivity index (χ2v) is 13.5. The highest BCUT2D eigenvalue weighted by Gasteiger charge is 2.20. The van der Waals surface area contributed by atoms with Gasteiger partial charge in [0.15, 0.2) is 5.75 Å². The molecule has 0 aliphatic carbocycles. The second-order valence-electron chi connectivity index (χ2n) is 10.7. The van der Waals surface area contributed by atoms with Crippen molar-refractivity contribution in [2.45, 2.75) is 63.3 Å². The Morgan fingerprint density at radius 1 is 0.889 bits per heavy atom. The molecular weight excluding hydrogens is 618 g/mol. The highest BCUT2D eigenvalue weighted by molar-refractivity contribution is 7.86. The average molecular weight is 662 g/mol. The van der Waals surface area contributed by atoms with Crippen molar-refractivity contribution >= 4 is 47.6 Å². The summed E-state index contributed by atoms with van der Waals surface area (Å²) >= 11 is 0. The van der Waals surface area contributed by atoms with Gasteiger partial charge in [-0.1, -0.05) is 38.1 Å². The number of aromatic nitrogens is 1. The molecule has 0 saturated carbocycles. The smallest absolute Gasteiger partial charge is 0.295 e. The van der Waals surface area contributed by atoms with E-state index in [2.05, 4.69) is 49.0 Å². The van der Waals surface area contributed by atoms with E-state index >= 15 is 0 Å². The lowest BCUT2D eigenvalue weighted by Gasteiger charge is -2.22. The largest absolute Gasteiger partial charge is 0.494 e. The Bertz CT molecular complexity index is 1790. The lowest BCUT2D eigenvalue weighted by molar-refractivity contribution is 0.295. The zero-order valence-corrected chi connectivity index (χ0v) is 28.4. The summed E-state index contributed by atoms with van der Waals surface area (Å²) in [5.41, 5.74) is 3.94. The fraction of sp³-hybridized carbons (Fsp3) is 0.406. The number of nitrogens with one attached hydrogen (secondary N) is 1. The predicted molar refractivity (Wildman–Crippen MR) is 178 cm³/mol. The molecule has 0 saturated heterocycles. The molecule has 3 aromatic carbocycles. The molecule has 11 nitrogen and oxygen atoms in total. The number of hydrogen-bond donors (Lipinski definition) is 3. The van der Waals surface area contributed by atoms with Crippen LogP contribution in [-0.2, 0) is 20.2 Å². The summed E-state index contributed by atoms with van der Waals surface area (Å²) < 4.78 is 74.1. The number of aryl methyl sites for hydroxylation is 2. The third kappa shape index (κ3) is 8.82. The molecule has 4 rings (SSSR count). The van der Waals surface area contributed by atoms with E-state index in [0.29, 0.717) is 6.04 Å². The monoisotopic (exact) mass is 661 g/mol. The van der Waals surface area contributed by atoms with E-state index in [1.165, 1.54) is 30.7 Å². The summed E-state index contributed by atoms with van der Waals surface area (Å²) in [5.74, 6) is 1.61. The number of anilines is 1. The molecule has 246 valence electrons. The van der Waals surface area contributed by atoms with Gasteiger partial charge in [-0.2, -0.15) is 16.8 Å². The number of methoxy groups -OCH3 is 2. The number of nitrogens with zero attached hydrogens (tertiary/aromatic N) is 2. The van der Waals surface area contributed by atoms with E-state index < -0.39 is 30.0 Å². The Labute approximate surface area is 266 Å². The Kier molecular flexibility index (Phi) is 12.2. The summed E-state index contributed by atoms with van der Waals surface area (Å²) in [6.45, 7) is 14.1. The molecule has 0 aliphatic rings. The number of benzene rings is 3. The zero-order chi connectivity index (χ0) is 33.5. The number of pyridine rings is 1. The lowest BCUT2D eigenvalue weighted by atomic mass is 10.0. The molecule has 1 unspecified atom stereocenters. The third-order valence-corrected chi connectivity index (χ3v) is 9.38. The number of fused-ring (bicyclic) bond motifs is 2. The maximum absolute atomic E-state index is 11.2. The van der Waals surface area contributed by atoms with Gasteiger partial charge in [0, 0.05) is 28.6 Å². The molecule has 3 N–H and O–H groups in total.